The standard InChI is InChI=1S/C8H14O/c1-2-3-5-8-6-4-7(8)9-8/h7H,2-6H2,1H3. The number of hydrogen-bond donors (Lipinski definition) is 0. The molecule has 0 aromatic rings. The minimum Gasteiger partial charge on any atom is -0.366 e. The Morgan fingerprint density at radius 2 is 2.56 bits per heavy atom. The van der Waals surface area contributed by atoms with Gasteiger partial charge in [-0.1, -0.05) is 19.8 Å². The monoisotopic (exact) mass is 126 g/mol. The zero-order valence-corrected chi connectivity index (χ0v) is 6.02. The molecule has 9 heavy (non-hydrogen) atoms. The molecular weight excluding hydrogens is 112 g/mol. The molecule has 1 aliphatic heterocycles. The van der Waals surface area contributed by atoms with Gasteiger partial charge in [-0.25, -0.2) is 0 Å². The summed E-state index contributed by atoms with van der Waals surface area (Å²) >= 11 is 0. The average molecular weight is 126 g/mol. The van der Waals surface area contributed by atoms with E-state index in [0.717, 1.165) is 0 Å². The van der Waals surface area contributed by atoms with Crippen molar-refractivity contribution in [3.05, 3.63) is 0 Å². The molecule has 1 aliphatic carbocycles. The average Bonchev–Trinajstić information content (AvgIpc) is 2.34. The summed E-state index contributed by atoms with van der Waals surface area (Å²) in [5.41, 5.74) is 0.440. The first kappa shape index (κ1) is 5.72. The van der Waals surface area contributed by atoms with E-state index in [1.807, 2.05) is 0 Å². The molecule has 0 bridgehead atoms. The van der Waals surface area contributed by atoms with Gasteiger partial charge in [0.25, 0.3) is 0 Å². The molecular formula is C8H14O. The zero-order chi connectivity index (χ0) is 6.32. The fourth-order valence-electron chi connectivity index (χ4n) is 1.77. The molecule has 2 fully saturated rings. The largest absolute Gasteiger partial charge is 0.366 e. The highest BCUT2D eigenvalue weighted by atomic mass is 16.6. The van der Waals surface area contributed by atoms with Gasteiger partial charge in [0.2, 0.25) is 0 Å². The van der Waals surface area contributed by atoms with Crippen molar-refractivity contribution in [2.45, 2.75) is 50.7 Å². The predicted molar refractivity (Wildman–Crippen MR) is 36.4 cm³/mol. The van der Waals surface area contributed by atoms with Crippen LogP contribution in [-0.4, -0.2) is 11.7 Å². The van der Waals surface area contributed by atoms with Gasteiger partial charge in [0.15, 0.2) is 0 Å². The third-order valence-electron chi connectivity index (χ3n) is 2.69. The van der Waals surface area contributed by atoms with Crippen molar-refractivity contribution >= 4 is 0 Å². The maximum absolute atomic E-state index is 5.52. The van der Waals surface area contributed by atoms with E-state index in [4.69, 9.17) is 4.74 Å². The van der Waals surface area contributed by atoms with Gasteiger partial charge >= 0.3 is 0 Å². The van der Waals surface area contributed by atoms with Gasteiger partial charge in [-0.05, 0) is 19.3 Å². The molecule has 2 unspecified atom stereocenters. The van der Waals surface area contributed by atoms with Crippen LogP contribution in [0.3, 0.4) is 0 Å². The van der Waals surface area contributed by atoms with E-state index < -0.39 is 0 Å². The summed E-state index contributed by atoms with van der Waals surface area (Å²) in [6, 6.07) is 0. The number of ether oxygens (including phenoxy) is 1. The van der Waals surface area contributed by atoms with Gasteiger partial charge in [0.1, 0.15) is 0 Å². The van der Waals surface area contributed by atoms with Gasteiger partial charge in [-0.2, -0.15) is 0 Å². The van der Waals surface area contributed by atoms with Crippen molar-refractivity contribution in [3.63, 3.8) is 0 Å². The lowest BCUT2D eigenvalue weighted by Crippen LogP contribution is -2.24. The molecule has 0 spiro atoms. The van der Waals surface area contributed by atoms with E-state index >= 15 is 0 Å². The maximum Gasteiger partial charge on any atom is 0.0949 e. The predicted octanol–water partition coefficient (Wildman–Crippen LogP) is 2.11. The second-order valence-corrected chi connectivity index (χ2v) is 3.31. The third kappa shape index (κ3) is 0.710. The SMILES string of the molecule is CCCCC12CCC1O2. The highest BCUT2D eigenvalue weighted by Gasteiger charge is 2.62. The summed E-state index contributed by atoms with van der Waals surface area (Å²) in [4.78, 5) is 0. The lowest BCUT2D eigenvalue weighted by Gasteiger charge is -2.18. The molecule has 1 saturated carbocycles. The normalized spacial score (nSPS) is 45.7. The summed E-state index contributed by atoms with van der Waals surface area (Å²) in [5, 5.41) is 0. The zero-order valence-electron chi connectivity index (χ0n) is 6.02. The van der Waals surface area contributed by atoms with Gasteiger partial charge in [0.05, 0.1) is 11.7 Å². The Bertz CT molecular complexity index is 118. The van der Waals surface area contributed by atoms with E-state index in [1.165, 1.54) is 32.1 Å². The van der Waals surface area contributed by atoms with Crippen LogP contribution in [0.25, 0.3) is 0 Å². The molecule has 1 nitrogen and oxygen atoms in total. The summed E-state index contributed by atoms with van der Waals surface area (Å²) in [5.74, 6) is 0. The van der Waals surface area contributed by atoms with Crippen molar-refractivity contribution in [2.75, 3.05) is 0 Å². The third-order valence-corrected chi connectivity index (χ3v) is 2.69. The smallest absolute Gasteiger partial charge is 0.0949 e. The molecule has 0 radical (unpaired) electrons. The fourth-order valence-corrected chi connectivity index (χ4v) is 1.77. The van der Waals surface area contributed by atoms with Crippen LogP contribution in [0.5, 0.6) is 0 Å². The number of hydrogen-bond acceptors (Lipinski definition) is 1. The second kappa shape index (κ2) is 1.72. The van der Waals surface area contributed by atoms with Crippen LogP contribution < -0.4 is 0 Å². The topological polar surface area (TPSA) is 12.5 Å². The summed E-state index contributed by atoms with van der Waals surface area (Å²) in [6.45, 7) is 2.24. The Morgan fingerprint density at radius 3 is 2.89 bits per heavy atom. The van der Waals surface area contributed by atoms with E-state index in [9.17, 15) is 0 Å². The lowest BCUT2D eigenvalue weighted by molar-refractivity contribution is 0.289. The molecule has 1 saturated heterocycles. The van der Waals surface area contributed by atoms with Crippen molar-refractivity contribution in [1.82, 2.24) is 0 Å². The first-order chi connectivity index (χ1) is 4.37. The quantitative estimate of drug-likeness (QED) is 0.527. The van der Waals surface area contributed by atoms with Gasteiger partial charge < -0.3 is 4.74 Å². The molecule has 2 aliphatic rings. The Hall–Kier alpha value is -0.0400. The Labute approximate surface area is 56.4 Å². The van der Waals surface area contributed by atoms with Crippen molar-refractivity contribution in [3.8, 4) is 0 Å². The van der Waals surface area contributed by atoms with Crippen molar-refractivity contribution in [1.29, 1.82) is 0 Å². The molecule has 0 N–H and O–H groups in total. The van der Waals surface area contributed by atoms with Crippen LogP contribution in [0.2, 0.25) is 0 Å². The van der Waals surface area contributed by atoms with Crippen molar-refractivity contribution in [2.24, 2.45) is 0 Å². The lowest BCUT2D eigenvalue weighted by atomic mass is 9.82. The van der Waals surface area contributed by atoms with Crippen molar-refractivity contribution < 1.29 is 4.74 Å². The minimum atomic E-state index is 0.440. The number of fused-ring (bicyclic) bond motifs is 1. The molecule has 0 amide bonds. The van der Waals surface area contributed by atoms with Crippen LogP contribution in [0.15, 0.2) is 0 Å². The molecule has 0 aromatic carbocycles. The fraction of sp³-hybridized carbons (Fsp3) is 1.00. The Balaban J connectivity index is 1.75. The molecule has 2 rings (SSSR count). The maximum atomic E-state index is 5.52. The van der Waals surface area contributed by atoms with Gasteiger partial charge in [-0.3, -0.25) is 0 Å². The summed E-state index contributed by atoms with van der Waals surface area (Å²) < 4.78 is 5.52. The highest BCUT2D eigenvalue weighted by molar-refractivity contribution is 5.11. The number of epoxide rings is 1. The molecule has 52 valence electrons. The van der Waals surface area contributed by atoms with Gasteiger partial charge in [0, 0.05) is 0 Å². The number of rotatable bonds is 3. The molecule has 2 atom stereocenters. The molecule has 0 aromatic heterocycles. The Kier molecular flexibility index (Phi) is 1.10. The van der Waals surface area contributed by atoms with Crippen LogP contribution in [0, 0.1) is 0 Å². The first-order valence-electron chi connectivity index (χ1n) is 4.05. The van der Waals surface area contributed by atoms with Gasteiger partial charge in [-0.15, -0.1) is 0 Å². The van der Waals surface area contributed by atoms with E-state index in [2.05, 4.69) is 6.92 Å². The van der Waals surface area contributed by atoms with E-state index in [1.54, 1.807) is 0 Å². The van der Waals surface area contributed by atoms with Crippen LogP contribution in [-0.2, 0) is 4.74 Å². The van der Waals surface area contributed by atoms with E-state index in [-0.39, 0.29) is 0 Å². The van der Waals surface area contributed by atoms with Crippen LogP contribution >= 0.6 is 0 Å². The summed E-state index contributed by atoms with van der Waals surface area (Å²) in [7, 11) is 0. The van der Waals surface area contributed by atoms with Crippen LogP contribution in [0.4, 0.5) is 0 Å². The minimum absolute atomic E-state index is 0.440. The van der Waals surface area contributed by atoms with Crippen LogP contribution in [0.1, 0.15) is 39.0 Å². The summed E-state index contributed by atoms with van der Waals surface area (Å²) in [6.07, 6.45) is 7.38. The second-order valence-electron chi connectivity index (χ2n) is 3.31. The molecule has 1 heterocycles. The highest BCUT2D eigenvalue weighted by Crippen LogP contribution is 2.56. The molecule has 1 heteroatoms. The first-order valence-corrected chi connectivity index (χ1v) is 4.05. The Morgan fingerprint density at radius 1 is 1.67 bits per heavy atom. The number of unbranched alkanes of at least 4 members (excludes halogenated alkanes) is 1. The van der Waals surface area contributed by atoms with E-state index in [0.29, 0.717) is 11.7 Å².